The summed E-state index contributed by atoms with van der Waals surface area (Å²) in [4.78, 5) is 16.7. The Morgan fingerprint density at radius 3 is 2.65 bits per heavy atom. The molecule has 0 bridgehead atoms. The van der Waals surface area contributed by atoms with E-state index >= 15 is 0 Å². The monoisotopic (exact) mass is 280 g/mol. The average Bonchev–Trinajstić information content (AvgIpc) is 2.41. The topological polar surface area (TPSA) is 82.2 Å². The fraction of sp³-hybridized carbons (Fsp3) is 0.714. The molecule has 0 radical (unpaired) electrons. The van der Waals surface area contributed by atoms with Crippen LogP contribution in [0.15, 0.2) is 17.2 Å². The van der Waals surface area contributed by atoms with Gasteiger partial charge in [-0.25, -0.2) is 4.98 Å². The van der Waals surface area contributed by atoms with E-state index in [9.17, 15) is 4.79 Å². The first-order chi connectivity index (χ1) is 9.38. The van der Waals surface area contributed by atoms with Crippen LogP contribution in [0, 0.1) is 0 Å². The van der Waals surface area contributed by atoms with Crippen LogP contribution in [0.1, 0.15) is 33.6 Å². The number of aromatic nitrogens is 2. The van der Waals surface area contributed by atoms with Gasteiger partial charge >= 0.3 is 0 Å². The van der Waals surface area contributed by atoms with Crippen LogP contribution in [0.4, 0.5) is 5.82 Å². The van der Waals surface area contributed by atoms with Gasteiger partial charge in [0.1, 0.15) is 0 Å². The van der Waals surface area contributed by atoms with E-state index in [-0.39, 0.29) is 16.6 Å². The van der Waals surface area contributed by atoms with E-state index in [0.29, 0.717) is 25.6 Å². The van der Waals surface area contributed by atoms with Crippen LogP contribution in [0.5, 0.6) is 0 Å². The number of anilines is 1. The molecular weight excluding hydrogens is 256 g/mol. The number of nitrogens with zero attached hydrogens (tertiary/aromatic N) is 2. The lowest BCUT2D eigenvalue weighted by molar-refractivity contribution is 0.0626. The molecule has 1 aromatic heterocycles. The highest BCUT2D eigenvalue weighted by Gasteiger charge is 2.32. The number of hydrogen-bond acceptors (Lipinski definition) is 5. The molecule has 2 rings (SSSR count). The molecule has 0 spiro atoms. The zero-order valence-electron chi connectivity index (χ0n) is 12.5. The molecule has 6 heteroatoms. The largest absolute Gasteiger partial charge is 0.381 e. The second-order valence-corrected chi connectivity index (χ2v) is 6.34. The van der Waals surface area contributed by atoms with Crippen LogP contribution in [0.25, 0.3) is 0 Å². The van der Waals surface area contributed by atoms with E-state index in [0.717, 1.165) is 12.8 Å². The number of hydrogen-bond donors (Lipinski definition) is 2. The third-order valence-corrected chi connectivity index (χ3v) is 3.79. The molecule has 20 heavy (non-hydrogen) atoms. The third kappa shape index (κ3) is 3.02. The fourth-order valence-electron chi connectivity index (χ4n) is 2.42. The van der Waals surface area contributed by atoms with Crippen LogP contribution in [-0.2, 0) is 10.3 Å². The van der Waals surface area contributed by atoms with Crippen LogP contribution in [0.2, 0.25) is 0 Å². The SMILES string of the molecule is CC(C)(C)n1ccnc(NC2(CN)CCOCC2)c1=O. The molecule has 1 aliphatic rings. The van der Waals surface area contributed by atoms with Gasteiger partial charge in [-0.05, 0) is 33.6 Å². The van der Waals surface area contributed by atoms with Crippen molar-refractivity contribution in [3.8, 4) is 0 Å². The van der Waals surface area contributed by atoms with Gasteiger partial charge in [0.2, 0.25) is 0 Å². The van der Waals surface area contributed by atoms with Gasteiger partial charge in [0.15, 0.2) is 5.82 Å². The highest BCUT2D eigenvalue weighted by atomic mass is 16.5. The molecular formula is C14H24N4O2. The van der Waals surface area contributed by atoms with E-state index < -0.39 is 0 Å². The summed E-state index contributed by atoms with van der Waals surface area (Å²) < 4.78 is 7.06. The van der Waals surface area contributed by atoms with E-state index in [1.807, 2.05) is 20.8 Å². The van der Waals surface area contributed by atoms with E-state index in [1.54, 1.807) is 17.0 Å². The van der Waals surface area contributed by atoms with Gasteiger partial charge in [0.25, 0.3) is 5.56 Å². The zero-order valence-corrected chi connectivity index (χ0v) is 12.5. The Morgan fingerprint density at radius 1 is 1.45 bits per heavy atom. The van der Waals surface area contributed by atoms with Gasteiger partial charge in [-0.3, -0.25) is 4.79 Å². The molecule has 6 nitrogen and oxygen atoms in total. The first kappa shape index (κ1) is 15.0. The summed E-state index contributed by atoms with van der Waals surface area (Å²) in [6.07, 6.45) is 4.94. The average molecular weight is 280 g/mol. The molecule has 0 atom stereocenters. The van der Waals surface area contributed by atoms with Crippen molar-refractivity contribution in [1.82, 2.24) is 9.55 Å². The van der Waals surface area contributed by atoms with E-state index in [1.165, 1.54) is 0 Å². The Morgan fingerprint density at radius 2 is 2.10 bits per heavy atom. The Kier molecular flexibility index (Phi) is 4.15. The number of ether oxygens (including phenoxy) is 1. The van der Waals surface area contributed by atoms with Gasteiger partial charge in [-0.1, -0.05) is 0 Å². The van der Waals surface area contributed by atoms with Gasteiger partial charge in [0, 0.05) is 37.7 Å². The second-order valence-electron chi connectivity index (χ2n) is 6.34. The molecule has 1 aliphatic heterocycles. The maximum Gasteiger partial charge on any atom is 0.293 e. The van der Waals surface area contributed by atoms with Crippen LogP contribution >= 0.6 is 0 Å². The number of nitrogens with one attached hydrogen (secondary N) is 1. The summed E-state index contributed by atoms with van der Waals surface area (Å²) in [7, 11) is 0. The molecule has 1 saturated heterocycles. The summed E-state index contributed by atoms with van der Waals surface area (Å²) >= 11 is 0. The molecule has 0 amide bonds. The summed E-state index contributed by atoms with van der Waals surface area (Å²) in [5.41, 5.74) is 5.23. The van der Waals surface area contributed by atoms with E-state index in [4.69, 9.17) is 10.5 Å². The summed E-state index contributed by atoms with van der Waals surface area (Å²) in [5, 5.41) is 3.28. The lowest BCUT2D eigenvalue weighted by atomic mass is 9.90. The van der Waals surface area contributed by atoms with Crippen molar-refractivity contribution in [3.05, 3.63) is 22.7 Å². The molecule has 3 N–H and O–H groups in total. The van der Waals surface area contributed by atoms with Crippen LogP contribution < -0.4 is 16.6 Å². The second kappa shape index (κ2) is 5.54. The first-order valence-electron chi connectivity index (χ1n) is 7.02. The quantitative estimate of drug-likeness (QED) is 0.860. The normalized spacial score (nSPS) is 18.8. The lowest BCUT2D eigenvalue weighted by Gasteiger charge is -2.37. The minimum Gasteiger partial charge on any atom is -0.381 e. The van der Waals surface area contributed by atoms with Crippen LogP contribution in [-0.4, -0.2) is 34.8 Å². The van der Waals surface area contributed by atoms with Gasteiger partial charge in [0.05, 0.1) is 5.54 Å². The maximum absolute atomic E-state index is 12.5. The molecule has 0 saturated carbocycles. The first-order valence-corrected chi connectivity index (χ1v) is 7.02. The van der Waals surface area contributed by atoms with Crippen molar-refractivity contribution in [2.24, 2.45) is 5.73 Å². The zero-order chi connectivity index (χ0) is 14.8. The van der Waals surface area contributed by atoms with Gasteiger partial charge in [-0.2, -0.15) is 0 Å². The van der Waals surface area contributed by atoms with Crippen molar-refractivity contribution < 1.29 is 4.74 Å². The number of nitrogens with two attached hydrogens (primary N) is 1. The van der Waals surface area contributed by atoms with Crippen molar-refractivity contribution in [1.29, 1.82) is 0 Å². The Hall–Kier alpha value is -1.40. The molecule has 1 aromatic rings. The van der Waals surface area contributed by atoms with Crippen molar-refractivity contribution in [2.45, 2.75) is 44.7 Å². The Labute approximate surface area is 119 Å². The smallest absolute Gasteiger partial charge is 0.293 e. The summed E-state index contributed by atoms with van der Waals surface area (Å²) in [5.74, 6) is 0.370. The minimum absolute atomic E-state index is 0.112. The van der Waals surface area contributed by atoms with Gasteiger partial charge in [-0.15, -0.1) is 0 Å². The molecule has 0 aromatic carbocycles. The standard InChI is InChI=1S/C14H24N4O2/c1-13(2,3)18-7-6-16-11(12(18)19)17-14(10-15)4-8-20-9-5-14/h6-7H,4-5,8-10,15H2,1-3H3,(H,16,17). The predicted octanol–water partition coefficient (Wildman–Crippen LogP) is 0.918. The summed E-state index contributed by atoms with van der Waals surface area (Å²) in [6.45, 7) is 7.75. The predicted molar refractivity (Wildman–Crippen MR) is 79.0 cm³/mol. The molecule has 0 aliphatic carbocycles. The highest BCUT2D eigenvalue weighted by molar-refractivity contribution is 5.36. The van der Waals surface area contributed by atoms with Crippen molar-refractivity contribution >= 4 is 5.82 Å². The maximum atomic E-state index is 12.5. The van der Waals surface area contributed by atoms with Crippen molar-refractivity contribution in [3.63, 3.8) is 0 Å². The molecule has 2 heterocycles. The minimum atomic E-state index is -0.290. The number of rotatable bonds is 3. The molecule has 112 valence electrons. The van der Waals surface area contributed by atoms with E-state index in [2.05, 4.69) is 10.3 Å². The summed E-state index contributed by atoms with van der Waals surface area (Å²) in [6, 6.07) is 0. The molecule has 0 unspecified atom stereocenters. The Balaban J connectivity index is 2.32. The van der Waals surface area contributed by atoms with Crippen LogP contribution in [0.3, 0.4) is 0 Å². The lowest BCUT2D eigenvalue weighted by Crippen LogP contribution is -2.51. The highest BCUT2D eigenvalue weighted by Crippen LogP contribution is 2.23. The third-order valence-electron chi connectivity index (χ3n) is 3.79. The Bertz CT molecular complexity index is 513. The van der Waals surface area contributed by atoms with Gasteiger partial charge < -0.3 is 20.4 Å². The van der Waals surface area contributed by atoms with Crippen molar-refractivity contribution in [2.75, 3.05) is 25.1 Å². The molecule has 1 fully saturated rings. The fourth-order valence-corrected chi connectivity index (χ4v) is 2.42.